The number of hydrogen-bond acceptors (Lipinski definition) is 3. The standard InChI is InChI=1S/C21H17FN4/c22-20-8-15(16-5-6-19-9-23-14-26(19)12-16)3-4-17(20)10-25-11-18-2-1-7-24-21(18)13-25/h1-9,12,14H,10-11,13H2. The first kappa shape index (κ1) is 15.2. The first-order valence-corrected chi connectivity index (χ1v) is 8.62. The molecule has 0 fully saturated rings. The van der Waals surface area contributed by atoms with Gasteiger partial charge in [0.1, 0.15) is 5.82 Å². The third kappa shape index (κ3) is 2.66. The highest BCUT2D eigenvalue weighted by molar-refractivity contribution is 5.65. The Morgan fingerprint density at radius 3 is 2.85 bits per heavy atom. The Hall–Kier alpha value is -3.05. The predicted octanol–water partition coefficient (Wildman–Crippen LogP) is 4.05. The first-order chi connectivity index (χ1) is 12.8. The summed E-state index contributed by atoms with van der Waals surface area (Å²) in [4.78, 5) is 10.7. The Bertz CT molecular complexity index is 1080. The highest BCUT2D eigenvalue weighted by Crippen LogP contribution is 2.26. The summed E-state index contributed by atoms with van der Waals surface area (Å²) in [5.74, 6) is -0.169. The molecule has 128 valence electrons. The van der Waals surface area contributed by atoms with Gasteiger partial charge in [0.05, 0.1) is 23.7 Å². The number of pyridine rings is 2. The molecule has 4 nitrogen and oxygen atoms in total. The molecule has 0 amide bonds. The fraction of sp³-hybridized carbons (Fsp3) is 0.143. The minimum Gasteiger partial charge on any atom is -0.306 e. The lowest BCUT2D eigenvalue weighted by Gasteiger charge is -2.15. The van der Waals surface area contributed by atoms with Crippen LogP contribution in [0.3, 0.4) is 0 Å². The van der Waals surface area contributed by atoms with Gasteiger partial charge < -0.3 is 4.40 Å². The lowest BCUT2D eigenvalue weighted by atomic mass is 10.0. The maximum absolute atomic E-state index is 14.7. The van der Waals surface area contributed by atoms with E-state index in [4.69, 9.17) is 0 Å². The van der Waals surface area contributed by atoms with E-state index >= 15 is 0 Å². The van der Waals surface area contributed by atoms with Crippen molar-refractivity contribution in [1.29, 1.82) is 0 Å². The molecule has 4 heterocycles. The van der Waals surface area contributed by atoms with E-state index in [1.807, 2.05) is 47.1 Å². The van der Waals surface area contributed by atoms with E-state index < -0.39 is 0 Å². The van der Waals surface area contributed by atoms with Crippen LogP contribution in [0, 0.1) is 5.82 Å². The van der Waals surface area contributed by atoms with Crippen LogP contribution >= 0.6 is 0 Å². The molecule has 0 saturated heterocycles. The van der Waals surface area contributed by atoms with E-state index in [9.17, 15) is 4.39 Å². The molecule has 4 aromatic rings. The topological polar surface area (TPSA) is 33.4 Å². The third-order valence-corrected chi connectivity index (χ3v) is 4.94. The monoisotopic (exact) mass is 344 g/mol. The van der Waals surface area contributed by atoms with Gasteiger partial charge in [-0.2, -0.15) is 0 Å². The molecule has 26 heavy (non-hydrogen) atoms. The molecule has 1 aliphatic heterocycles. The van der Waals surface area contributed by atoms with Crippen LogP contribution < -0.4 is 0 Å². The smallest absolute Gasteiger partial charge is 0.128 e. The molecule has 5 rings (SSSR count). The van der Waals surface area contributed by atoms with Gasteiger partial charge in [0.2, 0.25) is 0 Å². The van der Waals surface area contributed by atoms with E-state index in [2.05, 4.69) is 20.9 Å². The van der Waals surface area contributed by atoms with Crippen molar-refractivity contribution in [2.24, 2.45) is 0 Å². The summed E-state index contributed by atoms with van der Waals surface area (Å²) in [5, 5.41) is 0. The zero-order chi connectivity index (χ0) is 17.5. The third-order valence-electron chi connectivity index (χ3n) is 4.94. The van der Waals surface area contributed by atoms with Crippen molar-refractivity contribution < 1.29 is 4.39 Å². The molecule has 0 spiro atoms. The molecule has 0 bridgehead atoms. The van der Waals surface area contributed by atoms with Gasteiger partial charge in [-0.1, -0.05) is 24.3 Å². The van der Waals surface area contributed by atoms with Gasteiger partial charge in [0.25, 0.3) is 0 Å². The van der Waals surface area contributed by atoms with Crippen LogP contribution in [0.2, 0.25) is 0 Å². The van der Waals surface area contributed by atoms with Gasteiger partial charge in [0.15, 0.2) is 0 Å². The van der Waals surface area contributed by atoms with E-state index in [0.717, 1.165) is 35.4 Å². The average Bonchev–Trinajstić information content (AvgIpc) is 3.28. The Morgan fingerprint density at radius 2 is 1.96 bits per heavy atom. The van der Waals surface area contributed by atoms with Crippen LogP contribution in [-0.4, -0.2) is 19.3 Å². The summed E-state index contributed by atoms with van der Waals surface area (Å²) in [6, 6.07) is 13.5. The molecule has 3 aromatic heterocycles. The van der Waals surface area contributed by atoms with Crippen molar-refractivity contribution in [1.82, 2.24) is 19.3 Å². The summed E-state index contributed by atoms with van der Waals surface area (Å²) in [6.45, 7) is 2.18. The van der Waals surface area contributed by atoms with Crippen molar-refractivity contribution in [2.75, 3.05) is 0 Å². The van der Waals surface area contributed by atoms with Gasteiger partial charge >= 0.3 is 0 Å². The number of halogens is 1. The lowest BCUT2D eigenvalue weighted by molar-refractivity contribution is 0.270. The van der Waals surface area contributed by atoms with Gasteiger partial charge in [-0.15, -0.1) is 0 Å². The fourth-order valence-corrected chi connectivity index (χ4v) is 3.56. The summed E-state index contributed by atoms with van der Waals surface area (Å²) < 4.78 is 16.7. The van der Waals surface area contributed by atoms with Gasteiger partial charge in [-0.3, -0.25) is 9.88 Å². The van der Waals surface area contributed by atoms with Gasteiger partial charge in [-0.25, -0.2) is 9.37 Å². The SMILES string of the molecule is Fc1cc(-c2ccc3cncn3c2)ccc1CN1Cc2cccnc2C1. The second-order valence-corrected chi connectivity index (χ2v) is 6.70. The van der Waals surface area contributed by atoms with Crippen molar-refractivity contribution in [3.63, 3.8) is 0 Å². The molecule has 1 aliphatic rings. The number of fused-ring (bicyclic) bond motifs is 2. The highest BCUT2D eigenvalue weighted by Gasteiger charge is 2.20. The molecule has 0 N–H and O–H groups in total. The zero-order valence-corrected chi connectivity index (χ0v) is 14.1. The maximum Gasteiger partial charge on any atom is 0.128 e. The van der Waals surface area contributed by atoms with E-state index in [1.165, 1.54) is 5.56 Å². The van der Waals surface area contributed by atoms with Crippen molar-refractivity contribution in [3.8, 4) is 11.1 Å². The average molecular weight is 344 g/mol. The van der Waals surface area contributed by atoms with Crippen LogP contribution in [0.4, 0.5) is 4.39 Å². The Kier molecular flexibility index (Phi) is 3.53. The lowest BCUT2D eigenvalue weighted by Crippen LogP contribution is -2.16. The van der Waals surface area contributed by atoms with Crippen LogP contribution in [0.25, 0.3) is 16.6 Å². The molecular formula is C21H17FN4. The van der Waals surface area contributed by atoms with Crippen LogP contribution in [0.1, 0.15) is 16.8 Å². The summed E-state index contributed by atoms with van der Waals surface area (Å²) in [5.41, 5.74) is 5.90. The van der Waals surface area contributed by atoms with Crippen molar-refractivity contribution in [2.45, 2.75) is 19.6 Å². The van der Waals surface area contributed by atoms with Gasteiger partial charge in [-0.05, 0) is 34.9 Å². The molecule has 0 radical (unpaired) electrons. The normalized spacial score (nSPS) is 14.0. The molecular weight excluding hydrogens is 327 g/mol. The van der Waals surface area contributed by atoms with E-state index in [1.54, 1.807) is 18.6 Å². The summed E-state index contributed by atoms with van der Waals surface area (Å²) in [6.07, 6.45) is 7.34. The molecule has 0 saturated carbocycles. The van der Waals surface area contributed by atoms with Crippen LogP contribution in [-0.2, 0) is 19.6 Å². The minimum absolute atomic E-state index is 0.169. The molecule has 1 aromatic carbocycles. The van der Waals surface area contributed by atoms with E-state index in [-0.39, 0.29) is 5.82 Å². The molecule has 0 atom stereocenters. The number of hydrogen-bond donors (Lipinski definition) is 0. The van der Waals surface area contributed by atoms with Crippen molar-refractivity contribution in [3.05, 3.63) is 90.0 Å². The van der Waals surface area contributed by atoms with Gasteiger partial charge in [0, 0.05) is 37.6 Å². The number of nitrogens with zero attached hydrogens (tertiary/aromatic N) is 4. The molecule has 0 aliphatic carbocycles. The predicted molar refractivity (Wildman–Crippen MR) is 97.8 cm³/mol. The molecule has 5 heteroatoms. The number of aromatic nitrogens is 3. The van der Waals surface area contributed by atoms with Crippen LogP contribution in [0.5, 0.6) is 0 Å². The highest BCUT2D eigenvalue weighted by atomic mass is 19.1. The number of imidazole rings is 1. The van der Waals surface area contributed by atoms with Crippen molar-refractivity contribution >= 4 is 5.52 Å². The van der Waals surface area contributed by atoms with E-state index in [0.29, 0.717) is 12.1 Å². The quantitative estimate of drug-likeness (QED) is 0.562. The van der Waals surface area contributed by atoms with Crippen LogP contribution in [0.15, 0.2) is 67.4 Å². The second-order valence-electron chi connectivity index (χ2n) is 6.70. The fourth-order valence-electron chi connectivity index (χ4n) is 3.56. The first-order valence-electron chi connectivity index (χ1n) is 8.62. The summed E-state index contributed by atoms with van der Waals surface area (Å²) >= 11 is 0. The largest absolute Gasteiger partial charge is 0.306 e. The maximum atomic E-state index is 14.7. The minimum atomic E-state index is -0.169. The summed E-state index contributed by atoms with van der Waals surface area (Å²) in [7, 11) is 0. The Morgan fingerprint density at radius 1 is 1.04 bits per heavy atom. The molecule has 0 unspecified atom stereocenters. The zero-order valence-electron chi connectivity index (χ0n) is 14.1. The second kappa shape index (κ2) is 6.04. The Balaban J connectivity index is 1.38. The number of rotatable bonds is 3. The number of benzene rings is 1. The Labute approximate surface area is 150 Å².